The topological polar surface area (TPSA) is 15.8 Å². The fraction of sp³-hybridized carbons (Fsp3) is 0. The maximum atomic E-state index is 3.66. The molecule has 0 radical (unpaired) electrons. The molecule has 1 heteroatoms. The molecule has 1 aromatic heterocycles. The zero-order valence-electron chi connectivity index (χ0n) is 14.9. The molecule has 0 saturated carbocycles. The highest BCUT2D eigenvalue weighted by atomic mass is 14.7. The Morgan fingerprint density at radius 1 is 0.444 bits per heavy atom. The average molecular weight is 345 g/mol. The van der Waals surface area contributed by atoms with E-state index < -0.39 is 0 Å². The Kier molecular flexibility index (Phi) is 3.84. The van der Waals surface area contributed by atoms with Crippen LogP contribution in [0.1, 0.15) is 0 Å². The van der Waals surface area contributed by atoms with Gasteiger partial charge in [0.2, 0.25) is 0 Å². The highest BCUT2D eigenvalue weighted by Gasteiger charge is 2.15. The van der Waals surface area contributed by atoms with Gasteiger partial charge in [0, 0.05) is 16.5 Å². The van der Waals surface area contributed by atoms with Crippen molar-refractivity contribution in [1.82, 2.24) is 4.98 Å². The number of nitrogens with one attached hydrogen (secondary N) is 1. The summed E-state index contributed by atoms with van der Waals surface area (Å²) in [6.07, 6.45) is 0. The number of rotatable bonds is 3. The molecule has 27 heavy (non-hydrogen) atoms. The van der Waals surface area contributed by atoms with Gasteiger partial charge in [-0.25, -0.2) is 0 Å². The number of hydrogen-bond donors (Lipinski definition) is 1. The lowest BCUT2D eigenvalue weighted by Crippen LogP contribution is -1.82. The number of aromatic nitrogens is 1. The van der Waals surface area contributed by atoms with E-state index in [0.717, 1.165) is 5.52 Å². The first-order valence-electron chi connectivity index (χ1n) is 9.22. The monoisotopic (exact) mass is 345 g/mol. The second-order valence-corrected chi connectivity index (χ2v) is 6.73. The Balaban J connectivity index is 1.80. The van der Waals surface area contributed by atoms with Crippen molar-refractivity contribution < 1.29 is 0 Å². The molecular formula is C26H19N. The molecule has 128 valence electrons. The summed E-state index contributed by atoms with van der Waals surface area (Å²) in [5, 5.41) is 1.25. The van der Waals surface area contributed by atoms with Crippen molar-refractivity contribution in [2.45, 2.75) is 0 Å². The Hall–Kier alpha value is -3.58. The third kappa shape index (κ3) is 2.84. The normalized spacial score (nSPS) is 11.0. The fourth-order valence-corrected chi connectivity index (χ4v) is 3.73. The molecule has 1 heterocycles. The summed E-state index contributed by atoms with van der Waals surface area (Å²) >= 11 is 0. The minimum Gasteiger partial charge on any atom is -0.354 e. The molecular weight excluding hydrogens is 326 g/mol. The molecule has 5 aromatic rings. The van der Waals surface area contributed by atoms with Gasteiger partial charge in [-0.3, -0.25) is 0 Å². The molecule has 1 nitrogen and oxygen atoms in total. The quantitative estimate of drug-likeness (QED) is 0.357. The first-order chi connectivity index (χ1) is 13.4. The van der Waals surface area contributed by atoms with E-state index in [4.69, 9.17) is 0 Å². The van der Waals surface area contributed by atoms with Gasteiger partial charge in [-0.05, 0) is 34.4 Å². The Labute approximate surface area is 158 Å². The van der Waals surface area contributed by atoms with Gasteiger partial charge in [0.1, 0.15) is 0 Å². The van der Waals surface area contributed by atoms with Gasteiger partial charge in [-0.1, -0.05) is 97.1 Å². The zero-order valence-corrected chi connectivity index (χ0v) is 14.9. The van der Waals surface area contributed by atoms with E-state index in [-0.39, 0.29) is 0 Å². The summed E-state index contributed by atoms with van der Waals surface area (Å²) in [6, 6.07) is 38.4. The summed E-state index contributed by atoms with van der Waals surface area (Å²) in [7, 11) is 0. The van der Waals surface area contributed by atoms with E-state index in [0.29, 0.717) is 0 Å². The minimum absolute atomic E-state index is 1.16. The van der Waals surface area contributed by atoms with Gasteiger partial charge in [0.05, 0.1) is 5.69 Å². The van der Waals surface area contributed by atoms with Crippen molar-refractivity contribution >= 4 is 10.9 Å². The van der Waals surface area contributed by atoms with Crippen LogP contribution >= 0.6 is 0 Å². The SMILES string of the molecule is c1ccc(-c2ccc3[nH]c(-c4ccccc4)c(-c4ccccc4)c3c2)cc1. The van der Waals surface area contributed by atoms with Crippen LogP contribution in [0, 0.1) is 0 Å². The van der Waals surface area contributed by atoms with Gasteiger partial charge in [0.25, 0.3) is 0 Å². The number of hydrogen-bond acceptors (Lipinski definition) is 0. The summed E-state index contributed by atoms with van der Waals surface area (Å²) in [5.41, 5.74) is 8.49. The second-order valence-electron chi connectivity index (χ2n) is 6.73. The van der Waals surface area contributed by atoms with Crippen LogP contribution in [0.5, 0.6) is 0 Å². The molecule has 0 unspecified atom stereocenters. The number of aromatic amines is 1. The van der Waals surface area contributed by atoms with E-state index in [2.05, 4.69) is 114 Å². The second kappa shape index (κ2) is 6.62. The van der Waals surface area contributed by atoms with Gasteiger partial charge in [0.15, 0.2) is 0 Å². The molecule has 0 aliphatic rings. The summed E-state index contributed by atoms with van der Waals surface area (Å²) in [6.45, 7) is 0. The fourth-order valence-electron chi connectivity index (χ4n) is 3.73. The van der Waals surface area contributed by atoms with Crippen molar-refractivity contribution in [3.8, 4) is 33.5 Å². The predicted octanol–water partition coefficient (Wildman–Crippen LogP) is 7.17. The van der Waals surface area contributed by atoms with Gasteiger partial charge < -0.3 is 4.98 Å². The van der Waals surface area contributed by atoms with Crippen molar-refractivity contribution in [1.29, 1.82) is 0 Å². The summed E-state index contributed by atoms with van der Waals surface area (Å²) < 4.78 is 0. The molecule has 1 N–H and O–H groups in total. The molecule has 0 aliphatic carbocycles. The highest BCUT2D eigenvalue weighted by molar-refractivity contribution is 6.05. The van der Waals surface area contributed by atoms with E-state index in [1.54, 1.807) is 0 Å². The van der Waals surface area contributed by atoms with Crippen LogP contribution in [-0.2, 0) is 0 Å². The van der Waals surface area contributed by atoms with Crippen LogP contribution < -0.4 is 0 Å². The molecule has 0 fully saturated rings. The lowest BCUT2D eigenvalue weighted by atomic mass is 9.96. The summed E-state index contributed by atoms with van der Waals surface area (Å²) in [4.78, 5) is 3.66. The summed E-state index contributed by atoms with van der Waals surface area (Å²) in [5.74, 6) is 0. The molecule has 0 atom stereocenters. The van der Waals surface area contributed by atoms with Crippen molar-refractivity contribution in [2.75, 3.05) is 0 Å². The number of fused-ring (bicyclic) bond motifs is 1. The molecule has 0 bridgehead atoms. The lowest BCUT2D eigenvalue weighted by molar-refractivity contribution is 1.45. The van der Waals surface area contributed by atoms with Crippen LogP contribution in [0.3, 0.4) is 0 Å². The Morgan fingerprint density at radius 3 is 1.63 bits per heavy atom. The molecule has 5 rings (SSSR count). The van der Waals surface area contributed by atoms with Crippen molar-refractivity contribution in [2.24, 2.45) is 0 Å². The van der Waals surface area contributed by atoms with Crippen molar-refractivity contribution in [3.63, 3.8) is 0 Å². The van der Waals surface area contributed by atoms with E-state index in [1.807, 2.05) is 0 Å². The van der Waals surface area contributed by atoms with E-state index in [1.165, 1.54) is 38.9 Å². The molecule has 0 amide bonds. The first-order valence-corrected chi connectivity index (χ1v) is 9.22. The van der Waals surface area contributed by atoms with Gasteiger partial charge in [-0.15, -0.1) is 0 Å². The van der Waals surface area contributed by atoms with Gasteiger partial charge in [-0.2, -0.15) is 0 Å². The van der Waals surface area contributed by atoms with Crippen LogP contribution in [0.2, 0.25) is 0 Å². The lowest BCUT2D eigenvalue weighted by Gasteiger charge is -2.07. The van der Waals surface area contributed by atoms with Crippen LogP contribution in [0.25, 0.3) is 44.4 Å². The third-order valence-electron chi connectivity index (χ3n) is 5.03. The smallest absolute Gasteiger partial charge is 0.0544 e. The standard InChI is InChI=1S/C26H19N/c1-4-10-19(11-5-1)22-16-17-24-23(18-22)25(20-12-6-2-7-13-20)26(27-24)21-14-8-3-9-15-21/h1-18,27H. The minimum atomic E-state index is 1.16. The maximum absolute atomic E-state index is 3.66. The number of benzene rings is 4. The first kappa shape index (κ1) is 15.7. The largest absolute Gasteiger partial charge is 0.354 e. The maximum Gasteiger partial charge on any atom is 0.0544 e. The molecule has 0 spiro atoms. The molecule has 0 saturated heterocycles. The van der Waals surface area contributed by atoms with Gasteiger partial charge >= 0.3 is 0 Å². The molecule has 4 aromatic carbocycles. The zero-order chi connectivity index (χ0) is 18.1. The van der Waals surface area contributed by atoms with E-state index in [9.17, 15) is 0 Å². The Bertz CT molecular complexity index is 1190. The van der Waals surface area contributed by atoms with Crippen LogP contribution in [0.4, 0.5) is 0 Å². The van der Waals surface area contributed by atoms with Crippen LogP contribution in [-0.4, -0.2) is 4.98 Å². The van der Waals surface area contributed by atoms with Crippen LogP contribution in [0.15, 0.2) is 109 Å². The van der Waals surface area contributed by atoms with E-state index >= 15 is 0 Å². The predicted molar refractivity (Wildman–Crippen MR) is 115 cm³/mol. The number of H-pyrrole nitrogens is 1. The average Bonchev–Trinajstić information content (AvgIpc) is 3.14. The van der Waals surface area contributed by atoms with Crippen molar-refractivity contribution in [3.05, 3.63) is 109 Å². The Morgan fingerprint density at radius 2 is 1.00 bits per heavy atom. The third-order valence-corrected chi connectivity index (χ3v) is 5.03. The highest BCUT2D eigenvalue weighted by Crippen LogP contribution is 2.39. The molecule has 0 aliphatic heterocycles.